The van der Waals surface area contributed by atoms with Gasteiger partial charge in [-0.3, -0.25) is 0 Å². The van der Waals surface area contributed by atoms with Crippen LogP contribution >= 0.6 is 0 Å². The Balaban J connectivity index is 1.90. The Hall–Kier alpha value is -1.95. The van der Waals surface area contributed by atoms with E-state index in [1.807, 2.05) is 16.8 Å². The number of hydrogen-bond acceptors (Lipinski definition) is 5. The summed E-state index contributed by atoms with van der Waals surface area (Å²) in [6.45, 7) is 5.60. The summed E-state index contributed by atoms with van der Waals surface area (Å²) in [5.74, 6) is 1.57. The first-order valence-electron chi connectivity index (χ1n) is 6.28. The lowest BCUT2D eigenvalue weighted by atomic mass is 10.2. The summed E-state index contributed by atoms with van der Waals surface area (Å²) >= 11 is 0. The second-order valence-electron chi connectivity index (χ2n) is 4.52. The fraction of sp³-hybridized carbons (Fsp3) is 0.462. The molecule has 2 rings (SSSR count). The number of hydrogen-bond donors (Lipinski definition) is 1. The molecule has 0 spiro atoms. The highest BCUT2D eigenvalue weighted by atomic mass is 16.5. The van der Waals surface area contributed by atoms with Crippen LogP contribution in [0.25, 0.3) is 0 Å². The van der Waals surface area contributed by atoms with Gasteiger partial charge >= 0.3 is 0 Å². The minimum absolute atomic E-state index is 0.320. The average molecular weight is 261 g/mol. The molecule has 2 aromatic rings. The van der Waals surface area contributed by atoms with Crippen molar-refractivity contribution in [2.24, 2.45) is 0 Å². The predicted octanol–water partition coefficient (Wildman–Crippen LogP) is 1.55. The van der Waals surface area contributed by atoms with Crippen molar-refractivity contribution in [1.82, 2.24) is 25.1 Å². The van der Waals surface area contributed by atoms with Crippen LogP contribution < -0.4 is 10.1 Å². The van der Waals surface area contributed by atoms with E-state index in [4.69, 9.17) is 4.74 Å². The number of nitrogens with one attached hydrogen (secondary N) is 1. The molecule has 0 saturated carbocycles. The van der Waals surface area contributed by atoms with Crippen molar-refractivity contribution in [3.8, 4) is 5.88 Å². The number of rotatable bonds is 6. The third kappa shape index (κ3) is 3.51. The van der Waals surface area contributed by atoms with E-state index in [2.05, 4.69) is 34.2 Å². The van der Waals surface area contributed by atoms with Crippen molar-refractivity contribution < 1.29 is 4.74 Å². The molecule has 0 bridgehead atoms. The Bertz CT molecular complexity index is 523. The number of pyridine rings is 1. The third-order valence-corrected chi connectivity index (χ3v) is 2.76. The molecule has 0 aliphatic heterocycles. The van der Waals surface area contributed by atoms with Gasteiger partial charge in [0.15, 0.2) is 0 Å². The largest absolute Gasteiger partial charge is 0.481 e. The molecule has 102 valence electrons. The zero-order valence-electron chi connectivity index (χ0n) is 11.5. The van der Waals surface area contributed by atoms with Crippen LogP contribution in [0.4, 0.5) is 0 Å². The van der Waals surface area contributed by atoms with E-state index in [0.717, 1.165) is 17.9 Å². The van der Waals surface area contributed by atoms with Gasteiger partial charge in [0.1, 0.15) is 12.2 Å². The van der Waals surface area contributed by atoms with Crippen molar-refractivity contribution in [3.05, 3.63) is 36.0 Å². The maximum absolute atomic E-state index is 5.09. The van der Waals surface area contributed by atoms with Gasteiger partial charge in [0.05, 0.1) is 13.7 Å². The summed E-state index contributed by atoms with van der Waals surface area (Å²) in [5, 5.41) is 7.55. The minimum Gasteiger partial charge on any atom is -0.481 e. The molecule has 0 unspecified atom stereocenters. The highest BCUT2D eigenvalue weighted by molar-refractivity contribution is 5.20. The molecular formula is C13H19N5O. The van der Waals surface area contributed by atoms with E-state index in [0.29, 0.717) is 18.5 Å². The first-order chi connectivity index (χ1) is 9.20. The van der Waals surface area contributed by atoms with E-state index < -0.39 is 0 Å². The van der Waals surface area contributed by atoms with E-state index in [1.165, 1.54) is 0 Å². The zero-order valence-corrected chi connectivity index (χ0v) is 11.5. The molecule has 0 radical (unpaired) electrons. The molecule has 0 aromatic carbocycles. The molecule has 0 aliphatic carbocycles. The van der Waals surface area contributed by atoms with E-state index >= 15 is 0 Å². The Morgan fingerprint density at radius 3 is 2.89 bits per heavy atom. The standard InChI is InChI=1S/C13H19N5O/c1-10(2)18-12(16-9-17-18)8-14-7-11-4-5-15-13(6-11)19-3/h4-6,9-10,14H,7-8H2,1-3H3. The summed E-state index contributed by atoms with van der Waals surface area (Å²) in [5.41, 5.74) is 1.13. The molecule has 0 saturated heterocycles. The normalized spacial score (nSPS) is 10.9. The van der Waals surface area contributed by atoms with E-state index in [1.54, 1.807) is 19.6 Å². The van der Waals surface area contributed by atoms with Crippen molar-refractivity contribution in [2.45, 2.75) is 33.0 Å². The Morgan fingerprint density at radius 2 is 2.16 bits per heavy atom. The lowest BCUT2D eigenvalue weighted by molar-refractivity contribution is 0.397. The lowest BCUT2D eigenvalue weighted by Gasteiger charge is -2.10. The maximum atomic E-state index is 5.09. The molecule has 6 nitrogen and oxygen atoms in total. The Labute approximate surface area is 112 Å². The van der Waals surface area contributed by atoms with E-state index in [-0.39, 0.29) is 0 Å². The van der Waals surface area contributed by atoms with Gasteiger partial charge in [0.25, 0.3) is 0 Å². The number of ether oxygens (including phenoxy) is 1. The van der Waals surface area contributed by atoms with Crippen LogP contribution in [0.3, 0.4) is 0 Å². The van der Waals surface area contributed by atoms with Crippen LogP contribution in [0, 0.1) is 0 Å². The molecule has 2 aromatic heterocycles. The van der Waals surface area contributed by atoms with Gasteiger partial charge in [0, 0.05) is 24.8 Å². The second kappa shape index (κ2) is 6.29. The Morgan fingerprint density at radius 1 is 1.32 bits per heavy atom. The average Bonchev–Trinajstić information content (AvgIpc) is 2.87. The molecule has 19 heavy (non-hydrogen) atoms. The van der Waals surface area contributed by atoms with Crippen LogP contribution in [0.2, 0.25) is 0 Å². The maximum Gasteiger partial charge on any atom is 0.213 e. The SMILES string of the molecule is COc1cc(CNCc2ncnn2C(C)C)ccn1. The molecule has 0 fully saturated rings. The molecule has 1 N–H and O–H groups in total. The van der Waals surface area contributed by atoms with Crippen molar-refractivity contribution in [2.75, 3.05) is 7.11 Å². The van der Waals surface area contributed by atoms with Crippen LogP contribution in [0.1, 0.15) is 31.3 Å². The van der Waals surface area contributed by atoms with Crippen LogP contribution in [0.5, 0.6) is 5.88 Å². The van der Waals surface area contributed by atoms with Gasteiger partial charge in [-0.25, -0.2) is 14.6 Å². The molecule has 0 aliphatic rings. The second-order valence-corrected chi connectivity index (χ2v) is 4.52. The molecule has 0 atom stereocenters. The monoisotopic (exact) mass is 261 g/mol. The fourth-order valence-electron chi connectivity index (χ4n) is 1.82. The highest BCUT2D eigenvalue weighted by Gasteiger charge is 2.06. The first-order valence-corrected chi connectivity index (χ1v) is 6.28. The smallest absolute Gasteiger partial charge is 0.213 e. The van der Waals surface area contributed by atoms with Crippen LogP contribution in [-0.4, -0.2) is 26.9 Å². The quantitative estimate of drug-likeness (QED) is 0.854. The van der Waals surface area contributed by atoms with Crippen LogP contribution in [0.15, 0.2) is 24.7 Å². The van der Waals surface area contributed by atoms with Crippen molar-refractivity contribution in [1.29, 1.82) is 0 Å². The Kier molecular flexibility index (Phi) is 4.46. The number of nitrogens with zero attached hydrogens (tertiary/aromatic N) is 4. The summed E-state index contributed by atoms with van der Waals surface area (Å²) < 4.78 is 7.01. The third-order valence-electron chi connectivity index (χ3n) is 2.76. The predicted molar refractivity (Wildman–Crippen MR) is 71.7 cm³/mol. The van der Waals surface area contributed by atoms with Gasteiger partial charge in [-0.05, 0) is 25.5 Å². The van der Waals surface area contributed by atoms with Gasteiger partial charge in [-0.2, -0.15) is 5.10 Å². The van der Waals surface area contributed by atoms with E-state index in [9.17, 15) is 0 Å². The van der Waals surface area contributed by atoms with Gasteiger partial charge in [0.2, 0.25) is 5.88 Å². The molecular weight excluding hydrogens is 242 g/mol. The molecule has 0 amide bonds. The number of aromatic nitrogens is 4. The summed E-state index contributed by atoms with van der Waals surface area (Å²) in [7, 11) is 1.62. The van der Waals surface area contributed by atoms with Crippen LogP contribution in [-0.2, 0) is 13.1 Å². The van der Waals surface area contributed by atoms with Gasteiger partial charge in [-0.15, -0.1) is 0 Å². The topological polar surface area (TPSA) is 64.9 Å². The zero-order chi connectivity index (χ0) is 13.7. The van der Waals surface area contributed by atoms with Crippen molar-refractivity contribution >= 4 is 0 Å². The molecule has 2 heterocycles. The summed E-state index contributed by atoms with van der Waals surface area (Å²) in [4.78, 5) is 8.33. The summed E-state index contributed by atoms with van der Waals surface area (Å²) in [6, 6.07) is 4.20. The van der Waals surface area contributed by atoms with Gasteiger partial charge < -0.3 is 10.1 Å². The molecule has 6 heteroatoms. The highest BCUT2D eigenvalue weighted by Crippen LogP contribution is 2.09. The lowest BCUT2D eigenvalue weighted by Crippen LogP contribution is -2.18. The van der Waals surface area contributed by atoms with Crippen molar-refractivity contribution in [3.63, 3.8) is 0 Å². The summed E-state index contributed by atoms with van der Waals surface area (Å²) in [6.07, 6.45) is 3.33. The first kappa shape index (κ1) is 13.5. The van der Waals surface area contributed by atoms with Gasteiger partial charge in [-0.1, -0.05) is 0 Å². The minimum atomic E-state index is 0.320. The number of methoxy groups -OCH3 is 1. The fourth-order valence-corrected chi connectivity index (χ4v) is 1.82.